The summed E-state index contributed by atoms with van der Waals surface area (Å²) in [5.41, 5.74) is 0.744. The van der Waals surface area contributed by atoms with Crippen molar-refractivity contribution in [1.82, 2.24) is 26.3 Å². The summed E-state index contributed by atoms with van der Waals surface area (Å²) in [6.45, 7) is 9.97. The first-order valence-corrected chi connectivity index (χ1v) is 16.1. The summed E-state index contributed by atoms with van der Waals surface area (Å²) < 4.78 is 22.9. The maximum absolute atomic E-state index is 13.4. The van der Waals surface area contributed by atoms with Crippen LogP contribution in [0.1, 0.15) is 57.5 Å². The van der Waals surface area contributed by atoms with Crippen LogP contribution in [0.4, 0.5) is 0 Å². The van der Waals surface area contributed by atoms with Crippen molar-refractivity contribution in [3.63, 3.8) is 0 Å². The minimum absolute atomic E-state index is 0.0735. The van der Waals surface area contributed by atoms with Crippen molar-refractivity contribution in [2.45, 2.75) is 71.1 Å². The molecule has 0 spiro atoms. The van der Waals surface area contributed by atoms with Crippen LogP contribution in [-0.4, -0.2) is 60.9 Å². The maximum atomic E-state index is 13.4. The molecule has 6 N–H and O–H groups in total. The molecule has 0 aliphatic heterocycles. The summed E-state index contributed by atoms with van der Waals surface area (Å²) in [6.07, 6.45) is 1.51. The second-order valence-corrected chi connectivity index (χ2v) is 13.9. The van der Waals surface area contributed by atoms with Crippen LogP contribution in [-0.2, 0) is 35.7 Å². The van der Waals surface area contributed by atoms with Crippen LogP contribution in [0.2, 0.25) is 0 Å². The van der Waals surface area contributed by atoms with Crippen molar-refractivity contribution in [2.75, 3.05) is 0 Å². The predicted octanol–water partition coefficient (Wildman–Crippen LogP) is 1.56. The van der Waals surface area contributed by atoms with Crippen LogP contribution in [0, 0.1) is 11.3 Å². The lowest BCUT2D eigenvalue weighted by molar-refractivity contribution is -0.141. The number of nitrogens with two attached hydrogens (primary N) is 1. The number of carbonyl (C=O) groups is 5. The minimum Gasteiger partial charge on any atom is -0.345 e. The van der Waals surface area contributed by atoms with E-state index in [4.69, 9.17) is 5.14 Å². The first kappa shape index (κ1) is 35.8. The number of nitrogens with one attached hydrogen (secondary N) is 4. The van der Waals surface area contributed by atoms with Crippen LogP contribution in [0.25, 0.3) is 10.9 Å². The summed E-state index contributed by atoms with van der Waals surface area (Å²) in [7, 11) is -3.88. The third-order valence-electron chi connectivity index (χ3n) is 7.23. The van der Waals surface area contributed by atoms with E-state index in [9.17, 15) is 32.4 Å². The molecule has 246 valence electrons. The van der Waals surface area contributed by atoms with Crippen LogP contribution in [0.5, 0.6) is 0 Å². The zero-order chi connectivity index (χ0) is 34.4. The molecular formula is C32H40N6O7S. The number of Topliss-reactive ketones (excluding diaryl/α,β-unsaturated/α-hetero) is 1. The molecule has 4 amide bonds. The predicted molar refractivity (Wildman–Crippen MR) is 171 cm³/mol. The molecule has 2 aromatic carbocycles. The Labute approximate surface area is 268 Å². The summed E-state index contributed by atoms with van der Waals surface area (Å²) >= 11 is 0. The highest BCUT2D eigenvalue weighted by Gasteiger charge is 2.36. The second-order valence-electron chi connectivity index (χ2n) is 12.3. The fourth-order valence-electron chi connectivity index (χ4n) is 4.56. The monoisotopic (exact) mass is 652 g/mol. The van der Waals surface area contributed by atoms with E-state index in [0.29, 0.717) is 22.0 Å². The van der Waals surface area contributed by atoms with Gasteiger partial charge in [-0.15, -0.1) is 0 Å². The van der Waals surface area contributed by atoms with Crippen molar-refractivity contribution >= 4 is 50.3 Å². The van der Waals surface area contributed by atoms with E-state index in [1.54, 1.807) is 65.0 Å². The largest absolute Gasteiger partial charge is 0.345 e. The van der Waals surface area contributed by atoms with Crippen molar-refractivity contribution in [1.29, 1.82) is 0 Å². The van der Waals surface area contributed by atoms with Crippen LogP contribution in [0.15, 0.2) is 65.7 Å². The van der Waals surface area contributed by atoms with Crippen molar-refractivity contribution < 1.29 is 32.4 Å². The van der Waals surface area contributed by atoms with Gasteiger partial charge < -0.3 is 21.3 Å². The average molecular weight is 653 g/mol. The summed E-state index contributed by atoms with van der Waals surface area (Å²) in [4.78, 5) is 69.7. The molecule has 3 aromatic rings. The van der Waals surface area contributed by atoms with Crippen molar-refractivity contribution in [2.24, 2.45) is 16.5 Å². The van der Waals surface area contributed by atoms with Crippen molar-refractivity contribution in [3.05, 3.63) is 71.9 Å². The molecular weight excluding hydrogens is 612 g/mol. The smallest absolute Gasteiger partial charge is 0.289 e. The van der Waals surface area contributed by atoms with Gasteiger partial charge in [-0.2, -0.15) is 0 Å². The van der Waals surface area contributed by atoms with Gasteiger partial charge in [-0.3, -0.25) is 29.0 Å². The third kappa shape index (κ3) is 9.17. The number of primary sulfonamides is 1. The number of sulfonamides is 1. The number of amides is 4. The van der Waals surface area contributed by atoms with Gasteiger partial charge in [0.25, 0.3) is 11.8 Å². The molecule has 0 fully saturated rings. The number of rotatable bonds is 12. The molecule has 3 rings (SSSR count). The second kappa shape index (κ2) is 14.6. The molecule has 14 heteroatoms. The number of hydrogen-bond acceptors (Lipinski definition) is 8. The summed E-state index contributed by atoms with van der Waals surface area (Å²) in [5.74, 6) is -4.12. The van der Waals surface area contributed by atoms with Gasteiger partial charge in [-0.1, -0.05) is 65.0 Å². The lowest BCUT2D eigenvalue weighted by Gasteiger charge is -2.31. The topological polar surface area (TPSA) is 207 Å². The van der Waals surface area contributed by atoms with Gasteiger partial charge in [0.1, 0.15) is 12.1 Å². The van der Waals surface area contributed by atoms with Gasteiger partial charge in [0.15, 0.2) is 0 Å². The molecule has 0 saturated carbocycles. The highest BCUT2D eigenvalue weighted by atomic mass is 32.2. The maximum Gasteiger partial charge on any atom is 0.289 e. The first-order chi connectivity index (χ1) is 21.4. The Morgan fingerprint density at radius 2 is 1.48 bits per heavy atom. The average Bonchev–Trinajstić information content (AvgIpc) is 2.99. The Hall–Kier alpha value is -4.69. The lowest BCUT2D eigenvalue weighted by atomic mass is 9.85. The quantitative estimate of drug-likeness (QED) is 0.181. The Morgan fingerprint density at radius 1 is 0.848 bits per heavy atom. The van der Waals surface area contributed by atoms with Gasteiger partial charge in [0, 0.05) is 18.1 Å². The molecule has 0 bridgehead atoms. The van der Waals surface area contributed by atoms with E-state index in [1.807, 2.05) is 0 Å². The zero-order valence-electron chi connectivity index (χ0n) is 26.6. The van der Waals surface area contributed by atoms with Gasteiger partial charge in [0.2, 0.25) is 27.6 Å². The number of pyridine rings is 1. The molecule has 0 saturated heterocycles. The number of benzene rings is 2. The number of hydrogen-bond donors (Lipinski definition) is 5. The van der Waals surface area contributed by atoms with E-state index < -0.39 is 68.9 Å². The zero-order valence-corrected chi connectivity index (χ0v) is 27.4. The fraction of sp³-hybridized carbons (Fsp3) is 0.375. The van der Waals surface area contributed by atoms with Gasteiger partial charge >= 0.3 is 0 Å². The molecule has 0 aliphatic rings. The number of fused-ring (bicyclic) bond motifs is 1. The number of carbonyl (C=O) groups excluding carboxylic acids is 5. The normalized spacial score (nSPS) is 13.7. The summed E-state index contributed by atoms with van der Waals surface area (Å²) in [5, 5.41) is 16.1. The third-order valence-corrected chi connectivity index (χ3v) is 8.15. The molecule has 0 radical (unpaired) electrons. The first-order valence-electron chi connectivity index (χ1n) is 14.6. The number of aromatic nitrogens is 1. The van der Waals surface area contributed by atoms with Crippen LogP contribution >= 0.6 is 0 Å². The molecule has 1 aromatic heterocycles. The fourth-order valence-corrected chi connectivity index (χ4v) is 5.08. The van der Waals surface area contributed by atoms with Crippen molar-refractivity contribution in [3.8, 4) is 0 Å². The number of ketones is 1. The molecule has 46 heavy (non-hydrogen) atoms. The molecule has 1 heterocycles. The van der Waals surface area contributed by atoms with E-state index in [-0.39, 0.29) is 11.4 Å². The number of nitrogens with zero attached hydrogens (tertiary/aromatic N) is 1. The van der Waals surface area contributed by atoms with E-state index in [2.05, 4.69) is 26.3 Å². The van der Waals surface area contributed by atoms with Crippen LogP contribution in [0.3, 0.4) is 0 Å². The minimum atomic E-state index is -3.88. The molecule has 0 aliphatic carbocycles. The van der Waals surface area contributed by atoms with E-state index >= 15 is 0 Å². The molecule has 0 unspecified atom stereocenters. The van der Waals surface area contributed by atoms with Crippen LogP contribution < -0.4 is 26.4 Å². The van der Waals surface area contributed by atoms with Gasteiger partial charge in [-0.25, -0.2) is 13.6 Å². The lowest BCUT2D eigenvalue weighted by Crippen LogP contribution is -2.59. The Kier molecular flexibility index (Phi) is 11.4. The Morgan fingerprint density at radius 3 is 2.07 bits per heavy atom. The highest BCUT2D eigenvalue weighted by Crippen LogP contribution is 2.22. The SMILES string of the molecule is CC(C)[C@H](NC(=O)[C@H](C)NC(=O)[C@@H](NC(=O)c1ccnc2ccccc12)C(C)(C)C)C(=O)C(=O)NCc1ccc(S(N)(=O)=O)cc1. The Balaban J connectivity index is 1.64. The van der Waals surface area contributed by atoms with E-state index in [0.717, 1.165) is 0 Å². The number of para-hydroxylation sites is 1. The standard InChI is InChI=1S/C32H40N6O7S/c1-18(2)25(26(39)30(42)35-17-20-11-13-21(14-12-20)46(33,44)45)37-28(40)19(3)36-31(43)27(32(4,5)6)38-29(41)23-15-16-34-24-10-8-7-9-22(23)24/h7-16,18-19,25,27H,17H2,1-6H3,(H,35,42)(H,36,43)(H,37,40)(H,38,41)(H2,33,44,45)/t19-,25-,27+/m0/s1. The van der Waals surface area contributed by atoms with Gasteiger partial charge in [0.05, 0.1) is 22.0 Å². The Bertz CT molecular complexity index is 1730. The molecule has 13 nitrogen and oxygen atoms in total. The molecule has 3 atom stereocenters. The van der Waals surface area contributed by atoms with E-state index in [1.165, 1.54) is 37.4 Å². The summed E-state index contributed by atoms with van der Waals surface area (Å²) in [6, 6.07) is 10.8. The highest BCUT2D eigenvalue weighted by molar-refractivity contribution is 7.89. The van der Waals surface area contributed by atoms with Gasteiger partial charge in [-0.05, 0) is 48.1 Å².